The van der Waals surface area contributed by atoms with Gasteiger partial charge >= 0.3 is 0 Å². The van der Waals surface area contributed by atoms with Crippen LogP contribution in [0.3, 0.4) is 0 Å². The smallest absolute Gasteiger partial charge is 0.269 e. The Morgan fingerprint density at radius 1 is 1.08 bits per heavy atom. The van der Waals surface area contributed by atoms with E-state index in [9.17, 15) is 18.5 Å². The van der Waals surface area contributed by atoms with E-state index < -0.39 is 14.8 Å². The van der Waals surface area contributed by atoms with E-state index in [-0.39, 0.29) is 16.3 Å². The van der Waals surface area contributed by atoms with Crippen LogP contribution in [0.5, 0.6) is 0 Å². The Labute approximate surface area is 144 Å². The molecule has 0 aliphatic rings. The van der Waals surface area contributed by atoms with Crippen LogP contribution in [0.15, 0.2) is 66.0 Å². The van der Waals surface area contributed by atoms with Crippen molar-refractivity contribution in [2.75, 3.05) is 5.75 Å². The minimum atomic E-state index is -3.25. The lowest BCUT2D eigenvalue weighted by molar-refractivity contribution is -0.384. The summed E-state index contributed by atoms with van der Waals surface area (Å²) < 4.78 is 25.6. The molecule has 0 aliphatic carbocycles. The van der Waals surface area contributed by atoms with Gasteiger partial charge in [-0.05, 0) is 36.4 Å². The first-order chi connectivity index (χ1) is 11.9. The van der Waals surface area contributed by atoms with E-state index >= 15 is 0 Å². The first-order valence-corrected chi connectivity index (χ1v) is 9.18. The standard InChI is InChI=1S/C17H15N3O4S/c1-2-25(23,24)16-9-7-14(8-10-16)19-12-18-11-17(19)13-3-5-15(6-4-13)20(21)22/h3-12H,2H2,1H3. The monoisotopic (exact) mass is 357 g/mol. The molecule has 1 aromatic heterocycles. The lowest BCUT2D eigenvalue weighted by atomic mass is 10.1. The van der Waals surface area contributed by atoms with E-state index in [0.29, 0.717) is 0 Å². The molecule has 0 unspecified atom stereocenters. The van der Waals surface area contributed by atoms with Crippen molar-refractivity contribution in [3.8, 4) is 16.9 Å². The largest absolute Gasteiger partial charge is 0.299 e. The first-order valence-electron chi connectivity index (χ1n) is 7.53. The highest BCUT2D eigenvalue weighted by molar-refractivity contribution is 7.91. The number of non-ortho nitro benzene ring substituents is 1. The summed E-state index contributed by atoms with van der Waals surface area (Å²) in [5.41, 5.74) is 2.29. The Morgan fingerprint density at radius 3 is 2.28 bits per heavy atom. The fourth-order valence-electron chi connectivity index (χ4n) is 2.45. The summed E-state index contributed by atoms with van der Waals surface area (Å²) in [4.78, 5) is 14.7. The number of aromatic nitrogens is 2. The van der Waals surface area contributed by atoms with Gasteiger partial charge in [0.2, 0.25) is 0 Å². The Morgan fingerprint density at radius 2 is 1.72 bits per heavy atom. The van der Waals surface area contributed by atoms with Gasteiger partial charge in [-0.2, -0.15) is 0 Å². The summed E-state index contributed by atoms with van der Waals surface area (Å²) in [6.45, 7) is 1.60. The average molecular weight is 357 g/mol. The number of hydrogen-bond donors (Lipinski definition) is 0. The molecule has 0 amide bonds. The Bertz CT molecular complexity index is 1010. The maximum atomic E-state index is 11.9. The number of nitro groups is 1. The summed E-state index contributed by atoms with van der Waals surface area (Å²) in [7, 11) is -3.25. The van der Waals surface area contributed by atoms with Gasteiger partial charge in [0.15, 0.2) is 9.84 Å². The second-order valence-corrected chi connectivity index (χ2v) is 7.63. The van der Waals surface area contributed by atoms with Crippen LogP contribution < -0.4 is 0 Å². The molecular weight excluding hydrogens is 342 g/mol. The highest BCUT2D eigenvalue weighted by Crippen LogP contribution is 2.25. The minimum absolute atomic E-state index is 0.0175. The number of sulfone groups is 1. The molecule has 0 bridgehead atoms. The molecule has 0 spiro atoms. The molecule has 0 atom stereocenters. The third-order valence-electron chi connectivity index (χ3n) is 3.87. The zero-order valence-corrected chi connectivity index (χ0v) is 14.2. The molecule has 3 rings (SSSR count). The van der Waals surface area contributed by atoms with Crippen molar-refractivity contribution in [3.63, 3.8) is 0 Å². The molecule has 0 saturated carbocycles. The van der Waals surface area contributed by atoms with Crippen molar-refractivity contribution in [2.45, 2.75) is 11.8 Å². The molecule has 0 saturated heterocycles. The van der Waals surface area contributed by atoms with Crippen LogP contribution in [0.2, 0.25) is 0 Å². The van der Waals surface area contributed by atoms with Gasteiger partial charge in [-0.1, -0.05) is 6.92 Å². The van der Waals surface area contributed by atoms with Crippen LogP contribution in [-0.4, -0.2) is 28.6 Å². The summed E-state index contributed by atoms with van der Waals surface area (Å²) >= 11 is 0. The fraction of sp³-hybridized carbons (Fsp3) is 0.118. The third-order valence-corrected chi connectivity index (χ3v) is 5.62. The van der Waals surface area contributed by atoms with Gasteiger partial charge in [-0.15, -0.1) is 0 Å². The molecule has 128 valence electrons. The lowest BCUT2D eigenvalue weighted by Crippen LogP contribution is -2.04. The first kappa shape index (κ1) is 16.8. The van der Waals surface area contributed by atoms with Crippen LogP contribution in [-0.2, 0) is 9.84 Å². The molecule has 1 heterocycles. The summed E-state index contributed by atoms with van der Waals surface area (Å²) in [5, 5.41) is 10.8. The summed E-state index contributed by atoms with van der Waals surface area (Å²) in [6, 6.07) is 12.7. The van der Waals surface area contributed by atoms with E-state index in [1.807, 2.05) is 0 Å². The molecular formula is C17H15N3O4S. The van der Waals surface area contributed by atoms with E-state index in [1.165, 1.54) is 12.1 Å². The lowest BCUT2D eigenvalue weighted by Gasteiger charge is -2.09. The summed E-state index contributed by atoms with van der Waals surface area (Å²) in [5.74, 6) is 0.0471. The molecule has 0 radical (unpaired) electrons. The minimum Gasteiger partial charge on any atom is -0.299 e. The zero-order valence-electron chi connectivity index (χ0n) is 13.4. The number of hydrogen-bond acceptors (Lipinski definition) is 5. The number of benzene rings is 2. The highest BCUT2D eigenvalue weighted by atomic mass is 32.2. The van der Waals surface area contributed by atoms with Crippen molar-refractivity contribution >= 4 is 15.5 Å². The second-order valence-electron chi connectivity index (χ2n) is 5.35. The van der Waals surface area contributed by atoms with Gasteiger partial charge in [-0.3, -0.25) is 14.7 Å². The molecule has 2 aromatic carbocycles. The van der Waals surface area contributed by atoms with Gasteiger partial charge < -0.3 is 0 Å². The summed E-state index contributed by atoms with van der Waals surface area (Å²) in [6.07, 6.45) is 3.26. The van der Waals surface area contributed by atoms with Gasteiger partial charge in [-0.25, -0.2) is 13.4 Å². The predicted molar refractivity (Wildman–Crippen MR) is 93.4 cm³/mol. The van der Waals surface area contributed by atoms with Crippen molar-refractivity contribution in [1.82, 2.24) is 9.55 Å². The quantitative estimate of drug-likeness (QED) is 0.516. The maximum Gasteiger partial charge on any atom is 0.269 e. The Kier molecular flexibility index (Phi) is 4.37. The second kappa shape index (κ2) is 6.48. The Hall–Kier alpha value is -3.00. The average Bonchev–Trinajstić information content (AvgIpc) is 3.11. The van der Waals surface area contributed by atoms with Crippen molar-refractivity contribution in [1.29, 1.82) is 0 Å². The van der Waals surface area contributed by atoms with E-state index in [1.54, 1.807) is 60.4 Å². The SMILES string of the molecule is CCS(=O)(=O)c1ccc(-n2cncc2-c2ccc([N+](=O)[O-])cc2)cc1. The normalized spacial score (nSPS) is 11.4. The molecule has 0 N–H and O–H groups in total. The van der Waals surface area contributed by atoms with Crippen LogP contribution >= 0.6 is 0 Å². The maximum absolute atomic E-state index is 11.9. The topological polar surface area (TPSA) is 95.1 Å². The molecule has 8 heteroatoms. The predicted octanol–water partition coefficient (Wildman–Crippen LogP) is 3.24. The van der Waals surface area contributed by atoms with Crippen LogP contribution in [0.25, 0.3) is 16.9 Å². The third kappa shape index (κ3) is 3.29. The molecule has 0 fully saturated rings. The van der Waals surface area contributed by atoms with Crippen LogP contribution in [0.1, 0.15) is 6.92 Å². The van der Waals surface area contributed by atoms with E-state index in [2.05, 4.69) is 4.98 Å². The number of nitro benzene ring substituents is 1. The van der Waals surface area contributed by atoms with Crippen molar-refractivity contribution in [2.24, 2.45) is 0 Å². The van der Waals surface area contributed by atoms with E-state index in [0.717, 1.165) is 16.9 Å². The molecule has 0 aliphatic heterocycles. The Balaban J connectivity index is 1.98. The van der Waals surface area contributed by atoms with Crippen molar-refractivity contribution < 1.29 is 13.3 Å². The van der Waals surface area contributed by atoms with Gasteiger partial charge in [0, 0.05) is 23.4 Å². The van der Waals surface area contributed by atoms with Crippen LogP contribution in [0, 0.1) is 10.1 Å². The van der Waals surface area contributed by atoms with Gasteiger partial charge in [0.1, 0.15) is 0 Å². The fourth-order valence-corrected chi connectivity index (χ4v) is 3.33. The number of rotatable bonds is 5. The molecule has 3 aromatic rings. The number of nitrogens with zero attached hydrogens (tertiary/aromatic N) is 3. The zero-order chi connectivity index (χ0) is 18.0. The number of imidazole rings is 1. The van der Waals surface area contributed by atoms with Crippen LogP contribution in [0.4, 0.5) is 5.69 Å². The molecule has 7 nitrogen and oxygen atoms in total. The van der Waals surface area contributed by atoms with Gasteiger partial charge in [0.25, 0.3) is 5.69 Å². The van der Waals surface area contributed by atoms with Gasteiger partial charge in [0.05, 0.1) is 33.8 Å². The van der Waals surface area contributed by atoms with Crippen molar-refractivity contribution in [3.05, 3.63) is 71.2 Å². The van der Waals surface area contributed by atoms with E-state index in [4.69, 9.17) is 0 Å². The molecule has 25 heavy (non-hydrogen) atoms. The highest BCUT2D eigenvalue weighted by Gasteiger charge is 2.13.